The molecule has 0 bridgehead atoms. The molecule has 5 rings (SSSR count). The summed E-state index contributed by atoms with van der Waals surface area (Å²) in [6.07, 6.45) is 7.24. The molecule has 0 unspecified atom stereocenters. The third-order valence-corrected chi connectivity index (χ3v) is 7.36. The molecule has 0 saturated heterocycles. The van der Waals surface area contributed by atoms with E-state index >= 15 is 0 Å². The van der Waals surface area contributed by atoms with Crippen LogP contribution in [0.2, 0.25) is 0 Å². The molecule has 2 aromatic heterocycles. The number of nitrogens with one attached hydrogen (secondary N) is 1. The highest BCUT2D eigenvalue weighted by Crippen LogP contribution is 2.37. The molecular weight excluding hydrogens is 456 g/mol. The summed E-state index contributed by atoms with van der Waals surface area (Å²) in [5.74, 6) is 0.858. The average Bonchev–Trinajstić information content (AvgIpc) is 3.45. The van der Waals surface area contributed by atoms with Gasteiger partial charge in [-0.3, -0.25) is 9.40 Å². The lowest BCUT2D eigenvalue weighted by Crippen LogP contribution is -2.26. The number of hydrogen-bond donors (Lipinski definition) is 1. The van der Waals surface area contributed by atoms with Crippen molar-refractivity contribution in [3.8, 4) is 11.5 Å². The van der Waals surface area contributed by atoms with Gasteiger partial charge in [-0.05, 0) is 67.1 Å². The summed E-state index contributed by atoms with van der Waals surface area (Å²) in [4.78, 5) is 0.0872. The van der Waals surface area contributed by atoms with E-state index in [-0.39, 0.29) is 16.8 Å². The first kappa shape index (κ1) is 22.3. The van der Waals surface area contributed by atoms with Crippen molar-refractivity contribution in [3.05, 3.63) is 59.9 Å². The largest absolute Gasteiger partial charge is 0.496 e. The van der Waals surface area contributed by atoms with Crippen molar-refractivity contribution in [2.24, 2.45) is 0 Å². The standard InChI is InChI=1S/C24H26N4O5S/c1-3-16-8-9-19(32-18-6-4-7-18)22(14-16)34(29,30)27-24-23-20(31-2)12-17(13-21(23)33-26-24)15-28-11-5-10-25-28/h5,8-14,18H,3-4,6-7,15H2,1-2H3,(H,26,27). The van der Waals surface area contributed by atoms with E-state index in [4.69, 9.17) is 14.0 Å². The van der Waals surface area contributed by atoms with E-state index in [2.05, 4.69) is 15.0 Å². The van der Waals surface area contributed by atoms with Crippen LogP contribution in [0.15, 0.2) is 58.2 Å². The number of fused-ring (bicyclic) bond motifs is 1. The molecular formula is C24H26N4O5S. The second kappa shape index (κ2) is 9.02. The number of methoxy groups -OCH3 is 1. The number of hydrogen-bond acceptors (Lipinski definition) is 7. The van der Waals surface area contributed by atoms with Gasteiger partial charge in [-0.2, -0.15) is 5.10 Å². The predicted octanol–water partition coefficient (Wildman–Crippen LogP) is 4.38. The maximum atomic E-state index is 13.5. The third kappa shape index (κ3) is 4.33. The number of nitrogens with zero attached hydrogens (tertiary/aromatic N) is 3. The smallest absolute Gasteiger partial charge is 0.266 e. The highest BCUT2D eigenvalue weighted by atomic mass is 32.2. The van der Waals surface area contributed by atoms with Gasteiger partial charge in [0.25, 0.3) is 10.0 Å². The molecule has 2 heterocycles. The molecule has 0 radical (unpaired) electrons. The van der Waals surface area contributed by atoms with Gasteiger partial charge >= 0.3 is 0 Å². The molecule has 0 aliphatic heterocycles. The Morgan fingerprint density at radius 2 is 2.03 bits per heavy atom. The Morgan fingerprint density at radius 3 is 2.71 bits per heavy atom. The molecule has 0 spiro atoms. The second-order valence-corrected chi connectivity index (χ2v) is 9.97. The van der Waals surface area contributed by atoms with E-state index in [0.29, 0.717) is 35.4 Å². The van der Waals surface area contributed by atoms with E-state index in [1.165, 1.54) is 7.11 Å². The van der Waals surface area contributed by atoms with Crippen molar-refractivity contribution < 1.29 is 22.4 Å². The SMILES string of the molecule is CCc1ccc(OC2CCC2)c(S(=O)(=O)Nc2noc3cc(Cn4cccn4)cc(OC)c23)c1. The van der Waals surface area contributed by atoms with Crippen LogP contribution < -0.4 is 14.2 Å². The zero-order valence-electron chi connectivity index (χ0n) is 19.0. The second-order valence-electron chi connectivity index (χ2n) is 8.32. The van der Waals surface area contributed by atoms with Crippen molar-refractivity contribution in [3.63, 3.8) is 0 Å². The average molecular weight is 483 g/mol. The minimum absolute atomic E-state index is 0.0441. The molecule has 1 fully saturated rings. The lowest BCUT2D eigenvalue weighted by atomic mass is 9.96. The number of benzene rings is 2. The summed E-state index contributed by atoms with van der Waals surface area (Å²) < 4.78 is 48.3. The Kier molecular flexibility index (Phi) is 5.91. The van der Waals surface area contributed by atoms with Gasteiger partial charge < -0.3 is 14.0 Å². The molecule has 4 aromatic rings. The topological polar surface area (TPSA) is 108 Å². The lowest BCUT2D eigenvalue weighted by Gasteiger charge is -2.27. The molecule has 2 aromatic carbocycles. The number of aryl methyl sites for hydroxylation is 1. The Bertz CT molecular complexity index is 1410. The Morgan fingerprint density at radius 1 is 1.18 bits per heavy atom. The van der Waals surface area contributed by atoms with Gasteiger partial charge in [-0.1, -0.05) is 18.1 Å². The fourth-order valence-corrected chi connectivity index (χ4v) is 5.11. The highest BCUT2D eigenvalue weighted by molar-refractivity contribution is 7.92. The van der Waals surface area contributed by atoms with Gasteiger partial charge in [0.15, 0.2) is 11.4 Å². The maximum Gasteiger partial charge on any atom is 0.266 e. The summed E-state index contributed by atoms with van der Waals surface area (Å²) in [6, 6.07) is 10.7. The van der Waals surface area contributed by atoms with Gasteiger partial charge in [-0.25, -0.2) is 8.42 Å². The molecule has 10 heteroatoms. The quantitative estimate of drug-likeness (QED) is 0.377. The van der Waals surface area contributed by atoms with Crippen LogP contribution in [0.5, 0.6) is 11.5 Å². The molecule has 0 atom stereocenters. The Labute approximate surface area is 197 Å². The maximum absolute atomic E-state index is 13.5. The van der Waals surface area contributed by atoms with Gasteiger partial charge in [0.05, 0.1) is 19.8 Å². The summed E-state index contributed by atoms with van der Waals surface area (Å²) in [6.45, 7) is 2.48. The third-order valence-electron chi connectivity index (χ3n) is 6.00. The Balaban J connectivity index is 1.50. The zero-order valence-corrected chi connectivity index (χ0v) is 19.8. The monoisotopic (exact) mass is 482 g/mol. The van der Waals surface area contributed by atoms with Crippen LogP contribution in [0, 0.1) is 0 Å². The first-order valence-electron chi connectivity index (χ1n) is 11.2. The van der Waals surface area contributed by atoms with Gasteiger partial charge in [0.2, 0.25) is 0 Å². The van der Waals surface area contributed by atoms with E-state index in [0.717, 1.165) is 30.4 Å². The Hall–Kier alpha value is -3.53. The van der Waals surface area contributed by atoms with E-state index in [1.54, 1.807) is 29.1 Å². The summed E-state index contributed by atoms with van der Waals surface area (Å²) in [7, 11) is -2.49. The van der Waals surface area contributed by atoms with E-state index < -0.39 is 10.0 Å². The minimum Gasteiger partial charge on any atom is -0.496 e. The fourth-order valence-electron chi connectivity index (χ4n) is 3.92. The molecule has 34 heavy (non-hydrogen) atoms. The molecule has 1 saturated carbocycles. The highest BCUT2D eigenvalue weighted by Gasteiger charge is 2.27. The van der Waals surface area contributed by atoms with Crippen molar-refractivity contribution >= 4 is 26.8 Å². The normalized spacial score (nSPS) is 14.2. The fraction of sp³-hybridized carbons (Fsp3) is 0.333. The molecule has 9 nitrogen and oxygen atoms in total. The zero-order chi connectivity index (χ0) is 23.7. The molecule has 1 N–H and O–H groups in total. The first-order valence-corrected chi connectivity index (χ1v) is 12.7. The van der Waals surface area contributed by atoms with Crippen LogP contribution in [0.3, 0.4) is 0 Å². The van der Waals surface area contributed by atoms with Gasteiger partial charge in [0.1, 0.15) is 21.8 Å². The minimum atomic E-state index is -4.01. The van der Waals surface area contributed by atoms with Crippen molar-refractivity contribution in [2.45, 2.75) is 50.2 Å². The van der Waals surface area contributed by atoms with Crippen LogP contribution in [-0.2, 0) is 23.0 Å². The van der Waals surface area contributed by atoms with E-state index in [9.17, 15) is 8.42 Å². The number of sulfonamides is 1. The van der Waals surface area contributed by atoms with Crippen molar-refractivity contribution in [1.29, 1.82) is 0 Å². The molecule has 178 valence electrons. The number of anilines is 1. The first-order chi connectivity index (χ1) is 16.5. The summed E-state index contributed by atoms with van der Waals surface area (Å²) in [5.41, 5.74) is 2.19. The predicted molar refractivity (Wildman–Crippen MR) is 127 cm³/mol. The van der Waals surface area contributed by atoms with E-state index in [1.807, 2.05) is 31.3 Å². The summed E-state index contributed by atoms with van der Waals surface area (Å²) in [5, 5.41) is 8.67. The van der Waals surface area contributed by atoms with Crippen LogP contribution in [0.25, 0.3) is 11.0 Å². The summed E-state index contributed by atoms with van der Waals surface area (Å²) >= 11 is 0. The number of aromatic nitrogens is 3. The van der Waals surface area contributed by atoms with Crippen molar-refractivity contribution in [2.75, 3.05) is 11.8 Å². The van der Waals surface area contributed by atoms with Crippen LogP contribution >= 0.6 is 0 Å². The molecule has 1 aliphatic rings. The van der Waals surface area contributed by atoms with Crippen LogP contribution in [0.4, 0.5) is 5.82 Å². The van der Waals surface area contributed by atoms with Gasteiger partial charge in [0, 0.05) is 12.4 Å². The molecule has 1 aliphatic carbocycles. The van der Waals surface area contributed by atoms with Crippen molar-refractivity contribution in [1.82, 2.24) is 14.9 Å². The van der Waals surface area contributed by atoms with Crippen LogP contribution in [-0.4, -0.2) is 36.6 Å². The molecule has 0 amide bonds. The van der Waals surface area contributed by atoms with Gasteiger partial charge in [-0.15, -0.1) is 0 Å². The number of ether oxygens (including phenoxy) is 2. The number of rotatable bonds is 9. The van der Waals surface area contributed by atoms with Crippen LogP contribution in [0.1, 0.15) is 37.3 Å². The lowest BCUT2D eigenvalue weighted by molar-refractivity contribution is 0.116.